The van der Waals surface area contributed by atoms with Crippen molar-refractivity contribution >= 4 is 34.9 Å². The molecule has 36 heavy (non-hydrogen) atoms. The number of urea groups is 1. The van der Waals surface area contributed by atoms with E-state index in [1.807, 2.05) is 54.7 Å². The van der Waals surface area contributed by atoms with Crippen molar-refractivity contribution in [2.24, 2.45) is 0 Å². The summed E-state index contributed by atoms with van der Waals surface area (Å²) in [6.07, 6.45) is 6.33. The number of amides is 3. The second-order valence-corrected chi connectivity index (χ2v) is 8.27. The third kappa shape index (κ3) is 6.27. The van der Waals surface area contributed by atoms with Crippen LogP contribution in [0.2, 0.25) is 0 Å². The number of hydrogen-bond donors (Lipinski definition) is 3. The molecule has 1 unspecified atom stereocenters. The maximum Gasteiger partial charge on any atom is 0.330 e. The van der Waals surface area contributed by atoms with Crippen LogP contribution in [0.5, 0.6) is 0 Å². The molecule has 3 amide bonds. The average molecular weight is 482 g/mol. The van der Waals surface area contributed by atoms with Crippen molar-refractivity contribution in [2.75, 3.05) is 7.11 Å². The monoisotopic (exact) mass is 481 g/mol. The topological polar surface area (TPSA) is 100 Å². The Balaban J connectivity index is 1.50. The lowest BCUT2D eigenvalue weighted by Crippen LogP contribution is -2.41. The molecule has 3 N–H and O–H groups in total. The van der Waals surface area contributed by atoms with Crippen molar-refractivity contribution in [3.63, 3.8) is 0 Å². The van der Waals surface area contributed by atoms with Crippen LogP contribution in [0.4, 0.5) is 4.79 Å². The standard InChI is InChI=1S/C29H27N3O4/c1-36-27(33)18-13-20-11-14-21(15-12-20)25(17-16-23-19-30-26-10-6-5-9-24(23)26)31-29(35)32-28(34)22-7-3-2-4-8-22/h2-15,18-19,25,30H,16-17H2,1H3,(H2,31,32,34,35). The number of H-pyrrole nitrogens is 1. The van der Waals surface area contributed by atoms with Crippen LogP contribution in [0.25, 0.3) is 17.0 Å². The molecule has 0 aliphatic rings. The van der Waals surface area contributed by atoms with E-state index in [-0.39, 0.29) is 6.04 Å². The van der Waals surface area contributed by atoms with Crippen molar-refractivity contribution in [3.05, 3.63) is 113 Å². The minimum absolute atomic E-state index is 0.346. The molecule has 0 saturated heterocycles. The van der Waals surface area contributed by atoms with Crippen molar-refractivity contribution in [2.45, 2.75) is 18.9 Å². The number of nitrogens with one attached hydrogen (secondary N) is 3. The highest BCUT2D eigenvalue weighted by Gasteiger charge is 2.18. The Hall–Kier alpha value is -4.65. The van der Waals surface area contributed by atoms with E-state index in [4.69, 9.17) is 0 Å². The molecule has 4 rings (SSSR count). The molecule has 1 atom stereocenters. The van der Waals surface area contributed by atoms with Gasteiger partial charge >= 0.3 is 12.0 Å². The summed E-state index contributed by atoms with van der Waals surface area (Å²) >= 11 is 0. The number of hydrogen-bond acceptors (Lipinski definition) is 4. The van der Waals surface area contributed by atoms with E-state index in [0.717, 1.165) is 27.6 Å². The molecule has 1 aromatic heterocycles. The number of fused-ring (bicyclic) bond motifs is 1. The summed E-state index contributed by atoms with van der Waals surface area (Å²) in [6, 6.07) is 23.3. The second-order valence-electron chi connectivity index (χ2n) is 8.27. The highest BCUT2D eigenvalue weighted by molar-refractivity contribution is 6.04. The van der Waals surface area contributed by atoms with Crippen LogP contribution in [0.15, 0.2) is 91.1 Å². The van der Waals surface area contributed by atoms with Gasteiger partial charge in [0.05, 0.1) is 13.2 Å². The quantitative estimate of drug-likeness (QED) is 0.239. The summed E-state index contributed by atoms with van der Waals surface area (Å²) in [5.74, 6) is -0.899. The van der Waals surface area contributed by atoms with Crippen LogP contribution in [0.1, 0.15) is 39.5 Å². The van der Waals surface area contributed by atoms with E-state index in [0.29, 0.717) is 18.4 Å². The Morgan fingerprint density at radius 3 is 2.42 bits per heavy atom. The number of imide groups is 1. The van der Waals surface area contributed by atoms with Crippen LogP contribution in [-0.4, -0.2) is 30.0 Å². The number of para-hydroxylation sites is 1. The predicted molar refractivity (Wildman–Crippen MR) is 139 cm³/mol. The average Bonchev–Trinajstić information content (AvgIpc) is 3.33. The zero-order valence-corrected chi connectivity index (χ0v) is 19.9. The first-order chi connectivity index (χ1) is 17.5. The Morgan fingerprint density at radius 2 is 1.67 bits per heavy atom. The third-order valence-electron chi connectivity index (χ3n) is 5.90. The first kappa shape index (κ1) is 24.5. The van der Waals surface area contributed by atoms with Gasteiger partial charge in [-0.2, -0.15) is 0 Å². The number of carbonyl (C=O) groups is 3. The Labute approximate surface area is 209 Å². The number of benzene rings is 3. The van der Waals surface area contributed by atoms with Gasteiger partial charge in [0.25, 0.3) is 5.91 Å². The maximum absolute atomic E-state index is 12.7. The molecule has 3 aromatic carbocycles. The fraction of sp³-hybridized carbons (Fsp3) is 0.138. The molecule has 0 radical (unpaired) electrons. The Bertz CT molecular complexity index is 1370. The number of methoxy groups -OCH3 is 1. The summed E-state index contributed by atoms with van der Waals surface area (Å²) < 4.78 is 4.63. The van der Waals surface area contributed by atoms with Gasteiger partial charge in [0.2, 0.25) is 0 Å². The number of carbonyl (C=O) groups excluding carboxylic acids is 3. The molecule has 0 bridgehead atoms. The second kappa shape index (κ2) is 11.7. The number of ether oxygens (including phenoxy) is 1. The molecule has 7 nitrogen and oxygen atoms in total. The van der Waals surface area contributed by atoms with Gasteiger partial charge < -0.3 is 15.0 Å². The summed E-state index contributed by atoms with van der Waals surface area (Å²) in [5.41, 5.74) is 4.32. The summed E-state index contributed by atoms with van der Waals surface area (Å²) in [4.78, 5) is 39.8. The van der Waals surface area contributed by atoms with E-state index in [9.17, 15) is 14.4 Å². The molecule has 1 heterocycles. The molecule has 0 aliphatic carbocycles. The Morgan fingerprint density at radius 1 is 0.944 bits per heavy atom. The number of aromatic amines is 1. The van der Waals surface area contributed by atoms with E-state index in [1.165, 1.54) is 13.2 Å². The number of esters is 1. The van der Waals surface area contributed by atoms with Crippen LogP contribution in [0, 0.1) is 0 Å². The molecule has 4 aromatic rings. The molecular weight excluding hydrogens is 454 g/mol. The van der Waals surface area contributed by atoms with Gasteiger partial charge in [-0.25, -0.2) is 9.59 Å². The van der Waals surface area contributed by atoms with E-state index in [1.54, 1.807) is 30.3 Å². The molecule has 0 spiro atoms. The lowest BCUT2D eigenvalue weighted by Gasteiger charge is -2.20. The smallest absolute Gasteiger partial charge is 0.330 e. The first-order valence-electron chi connectivity index (χ1n) is 11.6. The number of aromatic nitrogens is 1. The molecule has 0 fully saturated rings. The zero-order chi connectivity index (χ0) is 25.3. The molecule has 0 saturated carbocycles. The van der Waals surface area contributed by atoms with E-state index in [2.05, 4.69) is 26.4 Å². The molecule has 0 aliphatic heterocycles. The normalized spacial score (nSPS) is 11.8. The molecule has 7 heteroatoms. The largest absolute Gasteiger partial charge is 0.466 e. The van der Waals surface area contributed by atoms with Gasteiger partial charge in [-0.15, -0.1) is 0 Å². The lowest BCUT2D eigenvalue weighted by atomic mass is 9.97. The summed E-state index contributed by atoms with van der Waals surface area (Å²) in [6.45, 7) is 0. The minimum Gasteiger partial charge on any atom is -0.466 e. The maximum atomic E-state index is 12.7. The van der Waals surface area contributed by atoms with E-state index < -0.39 is 17.9 Å². The van der Waals surface area contributed by atoms with Gasteiger partial charge in [-0.05, 0) is 53.8 Å². The van der Waals surface area contributed by atoms with Gasteiger partial charge in [-0.1, -0.05) is 60.7 Å². The third-order valence-corrected chi connectivity index (χ3v) is 5.90. The van der Waals surface area contributed by atoms with Gasteiger partial charge in [0, 0.05) is 28.7 Å². The first-order valence-corrected chi connectivity index (χ1v) is 11.6. The minimum atomic E-state index is -0.567. The van der Waals surface area contributed by atoms with Crippen molar-refractivity contribution in [1.82, 2.24) is 15.6 Å². The molecular formula is C29H27N3O4. The Kier molecular flexibility index (Phi) is 7.93. The number of rotatable bonds is 8. The number of aryl methyl sites for hydroxylation is 1. The van der Waals surface area contributed by atoms with Crippen molar-refractivity contribution in [1.29, 1.82) is 0 Å². The lowest BCUT2D eigenvalue weighted by molar-refractivity contribution is -0.134. The van der Waals surface area contributed by atoms with Crippen LogP contribution in [0.3, 0.4) is 0 Å². The van der Waals surface area contributed by atoms with Crippen molar-refractivity contribution in [3.8, 4) is 0 Å². The van der Waals surface area contributed by atoms with Crippen LogP contribution >= 0.6 is 0 Å². The van der Waals surface area contributed by atoms with Crippen LogP contribution < -0.4 is 10.6 Å². The van der Waals surface area contributed by atoms with Crippen molar-refractivity contribution < 1.29 is 19.1 Å². The van der Waals surface area contributed by atoms with E-state index >= 15 is 0 Å². The fourth-order valence-electron chi connectivity index (χ4n) is 3.99. The SMILES string of the molecule is COC(=O)C=Cc1ccc(C(CCc2c[nH]c3ccccc23)NC(=O)NC(=O)c2ccccc2)cc1. The predicted octanol–water partition coefficient (Wildman–Crippen LogP) is 5.17. The zero-order valence-electron chi connectivity index (χ0n) is 19.9. The highest BCUT2D eigenvalue weighted by atomic mass is 16.5. The van der Waals surface area contributed by atoms with Gasteiger partial charge in [0.1, 0.15) is 0 Å². The van der Waals surface area contributed by atoms with Crippen LogP contribution in [-0.2, 0) is 16.0 Å². The molecule has 182 valence electrons. The summed E-state index contributed by atoms with van der Waals surface area (Å²) in [7, 11) is 1.33. The fourth-order valence-corrected chi connectivity index (χ4v) is 3.99. The van der Waals surface area contributed by atoms with Gasteiger partial charge in [0.15, 0.2) is 0 Å². The summed E-state index contributed by atoms with van der Waals surface area (Å²) in [5, 5.41) is 6.50. The highest BCUT2D eigenvalue weighted by Crippen LogP contribution is 2.24. The van der Waals surface area contributed by atoms with Gasteiger partial charge in [-0.3, -0.25) is 10.1 Å².